The maximum absolute atomic E-state index is 13.0. The molecule has 180 valence electrons. The number of carboxylic acid groups (broad SMARTS) is 1. The van der Waals surface area contributed by atoms with Crippen LogP contribution in [0.2, 0.25) is 0 Å². The average Bonchev–Trinajstić information content (AvgIpc) is 2.77. The van der Waals surface area contributed by atoms with Crippen LogP contribution in [0.15, 0.2) is 48.5 Å². The van der Waals surface area contributed by atoms with Gasteiger partial charge in [0.1, 0.15) is 0 Å². The number of anilines is 3. The van der Waals surface area contributed by atoms with Crippen LogP contribution in [0.25, 0.3) is 0 Å². The molecule has 10 heteroatoms. The van der Waals surface area contributed by atoms with E-state index in [-0.39, 0.29) is 24.8 Å². The molecule has 0 bridgehead atoms. The van der Waals surface area contributed by atoms with Gasteiger partial charge in [0.05, 0.1) is 12.6 Å². The molecule has 10 nitrogen and oxygen atoms in total. The van der Waals surface area contributed by atoms with Gasteiger partial charge in [0.15, 0.2) is 0 Å². The Morgan fingerprint density at radius 1 is 1.12 bits per heavy atom. The lowest BCUT2D eigenvalue weighted by atomic mass is 9.93. The minimum Gasteiger partial charge on any atom is -0.481 e. The number of amides is 4. The molecule has 3 rings (SSSR count). The van der Waals surface area contributed by atoms with E-state index in [0.29, 0.717) is 24.3 Å². The van der Waals surface area contributed by atoms with Crippen molar-refractivity contribution in [2.45, 2.75) is 38.8 Å². The van der Waals surface area contributed by atoms with E-state index in [1.54, 1.807) is 29.2 Å². The molecule has 1 aliphatic heterocycles. The van der Waals surface area contributed by atoms with Gasteiger partial charge in [-0.3, -0.25) is 14.4 Å². The molecule has 2 atom stereocenters. The van der Waals surface area contributed by atoms with Crippen molar-refractivity contribution < 1.29 is 24.3 Å². The van der Waals surface area contributed by atoms with Gasteiger partial charge in [0, 0.05) is 35.9 Å². The van der Waals surface area contributed by atoms with Crippen LogP contribution in [-0.4, -0.2) is 41.6 Å². The molecule has 1 aliphatic rings. The van der Waals surface area contributed by atoms with Crippen LogP contribution in [0.4, 0.5) is 21.9 Å². The van der Waals surface area contributed by atoms with Crippen molar-refractivity contribution in [1.29, 1.82) is 0 Å². The summed E-state index contributed by atoms with van der Waals surface area (Å²) in [6.07, 6.45) is -0.150. The van der Waals surface area contributed by atoms with Crippen LogP contribution in [0, 0.1) is 12.8 Å². The molecule has 1 unspecified atom stereocenters. The monoisotopic (exact) mass is 467 g/mol. The third-order valence-electron chi connectivity index (χ3n) is 5.55. The molecule has 1 heterocycles. The number of carboxylic acids is 1. The van der Waals surface area contributed by atoms with E-state index in [9.17, 15) is 19.2 Å². The first-order chi connectivity index (χ1) is 16.2. The molecule has 34 heavy (non-hydrogen) atoms. The Kier molecular flexibility index (Phi) is 8.20. The second kappa shape index (κ2) is 11.3. The van der Waals surface area contributed by atoms with Crippen molar-refractivity contribution in [3.05, 3.63) is 54.1 Å². The number of hydrogen-bond acceptors (Lipinski definition) is 5. The predicted molar refractivity (Wildman–Crippen MR) is 128 cm³/mol. The molecular weight excluding hydrogens is 438 g/mol. The van der Waals surface area contributed by atoms with Gasteiger partial charge in [-0.1, -0.05) is 18.2 Å². The molecule has 0 aliphatic carbocycles. The Labute approximate surface area is 197 Å². The first-order valence-corrected chi connectivity index (χ1v) is 11.0. The zero-order valence-corrected chi connectivity index (χ0v) is 18.9. The van der Waals surface area contributed by atoms with Gasteiger partial charge >= 0.3 is 12.0 Å². The largest absolute Gasteiger partial charge is 0.481 e. The SMILES string of the molecule is Cc1ccccc1NC(=O)Nc1ccc(N2CCCC(CC(=O)N[C@H](N)CC(=O)O)C2=O)cc1. The maximum atomic E-state index is 13.0. The summed E-state index contributed by atoms with van der Waals surface area (Å²) in [5.41, 5.74) is 8.50. The molecule has 0 spiro atoms. The van der Waals surface area contributed by atoms with Crippen molar-refractivity contribution in [1.82, 2.24) is 5.32 Å². The highest BCUT2D eigenvalue weighted by atomic mass is 16.4. The lowest BCUT2D eigenvalue weighted by Crippen LogP contribution is -2.46. The lowest BCUT2D eigenvalue weighted by molar-refractivity contribution is -0.138. The molecule has 6 N–H and O–H groups in total. The Hall–Kier alpha value is -3.92. The van der Waals surface area contributed by atoms with Gasteiger partial charge in [-0.25, -0.2) is 4.79 Å². The van der Waals surface area contributed by atoms with Crippen LogP contribution >= 0.6 is 0 Å². The number of aryl methyl sites for hydroxylation is 1. The Balaban J connectivity index is 1.56. The molecule has 1 saturated heterocycles. The first-order valence-electron chi connectivity index (χ1n) is 11.0. The number of hydrogen-bond donors (Lipinski definition) is 5. The zero-order valence-electron chi connectivity index (χ0n) is 18.9. The van der Waals surface area contributed by atoms with Gasteiger partial charge in [-0.15, -0.1) is 0 Å². The fourth-order valence-electron chi connectivity index (χ4n) is 3.85. The molecule has 2 aromatic rings. The summed E-state index contributed by atoms with van der Waals surface area (Å²) in [5, 5.41) is 16.7. The van der Waals surface area contributed by atoms with Gasteiger partial charge in [0.2, 0.25) is 11.8 Å². The number of carbonyl (C=O) groups is 4. The smallest absolute Gasteiger partial charge is 0.323 e. The third-order valence-corrected chi connectivity index (χ3v) is 5.55. The van der Waals surface area contributed by atoms with E-state index in [1.165, 1.54) is 0 Å². The number of aliphatic carboxylic acids is 1. The van der Waals surface area contributed by atoms with Crippen molar-refractivity contribution in [2.75, 3.05) is 22.1 Å². The Morgan fingerprint density at radius 2 is 1.82 bits per heavy atom. The number of nitrogens with zero attached hydrogens (tertiary/aromatic N) is 1. The van der Waals surface area contributed by atoms with E-state index >= 15 is 0 Å². The number of piperidine rings is 1. The van der Waals surface area contributed by atoms with Crippen LogP contribution in [-0.2, 0) is 14.4 Å². The highest BCUT2D eigenvalue weighted by Crippen LogP contribution is 2.27. The molecule has 2 aromatic carbocycles. The summed E-state index contributed by atoms with van der Waals surface area (Å²) in [7, 11) is 0. The third kappa shape index (κ3) is 6.79. The second-order valence-corrected chi connectivity index (χ2v) is 8.25. The normalized spacial score (nSPS) is 16.5. The summed E-state index contributed by atoms with van der Waals surface area (Å²) >= 11 is 0. The minimum absolute atomic E-state index is 0.0542. The highest BCUT2D eigenvalue weighted by Gasteiger charge is 2.31. The summed E-state index contributed by atoms with van der Waals surface area (Å²) in [6, 6.07) is 14.0. The van der Waals surface area contributed by atoms with Gasteiger partial charge < -0.3 is 31.7 Å². The highest BCUT2D eigenvalue weighted by molar-refractivity contribution is 6.01. The van der Waals surface area contributed by atoms with E-state index < -0.39 is 24.0 Å². The van der Waals surface area contributed by atoms with Crippen LogP contribution in [0.5, 0.6) is 0 Å². The maximum Gasteiger partial charge on any atom is 0.323 e. The van der Waals surface area contributed by atoms with Crippen molar-refractivity contribution in [3.63, 3.8) is 0 Å². The van der Waals surface area contributed by atoms with Gasteiger partial charge in [0.25, 0.3) is 0 Å². The van der Waals surface area contributed by atoms with Crippen molar-refractivity contribution in [3.8, 4) is 0 Å². The summed E-state index contributed by atoms with van der Waals surface area (Å²) in [5.74, 6) is -2.25. The minimum atomic E-state index is -1.11. The van der Waals surface area contributed by atoms with Crippen molar-refractivity contribution >= 4 is 40.9 Å². The van der Waals surface area contributed by atoms with E-state index in [1.807, 2.05) is 31.2 Å². The second-order valence-electron chi connectivity index (χ2n) is 8.25. The van der Waals surface area contributed by atoms with Crippen LogP contribution in [0.3, 0.4) is 0 Å². The molecule has 0 radical (unpaired) electrons. The Morgan fingerprint density at radius 3 is 2.50 bits per heavy atom. The summed E-state index contributed by atoms with van der Waals surface area (Å²) in [6.45, 7) is 2.43. The number of rotatable bonds is 8. The van der Waals surface area contributed by atoms with Crippen molar-refractivity contribution in [2.24, 2.45) is 11.7 Å². The summed E-state index contributed by atoms with van der Waals surface area (Å²) in [4.78, 5) is 49.8. The van der Waals surface area contributed by atoms with Crippen LogP contribution in [0.1, 0.15) is 31.2 Å². The number of nitrogens with one attached hydrogen (secondary N) is 3. The quantitative estimate of drug-likeness (QED) is 0.376. The topological polar surface area (TPSA) is 154 Å². The fourth-order valence-corrected chi connectivity index (χ4v) is 3.85. The van der Waals surface area contributed by atoms with E-state index in [2.05, 4.69) is 16.0 Å². The molecule has 0 saturated carbocycles. The Bertz CT molecular complexity index is 1060. The number of urea groups is 1. The molecule has 4 amide bonds. The molecule has 0 aromatic heterocycles. The fraction of sp³-hybridized carbons (Fsp3) is 0.333. The average molecular weight is 468 g/mol. The number of benzene rings is 2. The summed E-state index contributed by atoms with van der Waals surface area (Å²) < 4.78 is 0. The molecule has 1 fully saturated rings. The van der Waals surface area contributed by atoms with E-state index in [4.69, 9.17) is 10.8 Å². The predicted octanol–water partition coefficient (Wildman–Crippen LogP) is 2.65. The number of para-hydroxylation sites is 1. The lowest BCUT2D eigenvalue weighted by Gasteiger charge is -2.32. The number of carbonyl (C=O) groups excluding carboxylic acids is 3. The van der Waals surface area contributed by atoms with E-state index in [0.717, 1.165) is 17.7 Å². The zero-order chi connectivity index (χ0) is 24.7. The first kappa shape index (κ1) is 24.7. The van der Waals surface area contributed by atoms with Gasteiger partial charge in [-0.2, -0.15) is 0 Å². The number of nitrogens with two attached hydrogens (primary N) is 1. The molecular formula is C24H29N5O5. The van der Waals surface area contributed by atoms with Gasteiger partial charge in [-0.05, 0) is 55.7 Å². The van der Waals surface area contributed by atoms with Crippen LogP contribution < -0.4 is 26.6 Å². The standard InChI is InChI=1S/C24H29N5O5/c1-15-5-2-3-7-19(15)27-24(34)26-17-8-10-18(11-9-17)29-12-4-6-16(23(29)33)13-21(30)28-20(25)14-22(31)32/h2-3,5,7-11,16,20H,4,6,12-14,25H2,1H3,(H,28,30)(H,31,32)(H2,26,27,34)/t16?,20-/m0/s1.